The first-order valence-corrected chi connectivity index (χ1v) is 23.9. The molecule has 0 spiro atoms. The number of hydrogen-bond donors (Lipinski definition) is 0. The number of hydrogen-bond acceptors (Lipinski definition) is 3. The molecule has 0 fully saturated rings. The summed E-state index contributed by atoms with van der Waals surface area (Å²) in [5.74, 6) is 0. The Morgan fingerprint density at radius 2 is 0.586 bits per heavy atom. The van der Waals surface area contributed by atoms with E-state index in [4.69, 9.17) is 0 Å². The molecule has 0 N–H and O–H groups in total. The SMILES string of the molecule is c1ccc(N(c2ccc3ccccc3c2)c2ccc3c4ccc(N(c5ccccc5)c5ccc6ccccc6c5)cc4n(-c4ccc(N(c5ccccc5)c5cccc6ccccc56)cc4)c3c2)cc1. The maximum atomic E-state index is 2.46. The standard InChI is InChI=1S/C66H46N4/c1-4-23-52(24-5-1)67(57-33-31-47-17-10-12-20-50(47)43-57)59-39-41-62-63-42-40-60(68(53-25-6-2-7-26-53)58-34-32-48-18-11-13-21-51(48)44-58)46-66(63)70(65(62)45-59)56-37-35-55(36-38-56)69(54-27-8-3-9-28-54)64-30-16-22-49-19-14-15-29-61(49)64/h1-46H. The van der Waals surface area contributed by atoms with Crippen LogP contribution in [0.25, 0.3) is 59.8 Å². The molecule has 0 amide bonds. The Hall–Kier alpha value is -9.38. The second-order valence-electron chi connectivity index (χ2n) is 17.8. The fourth-order valence-corrected chi connectivity index (χ4v) is 10.4. The average Bonchev–Trinajstić information content (AvgIpc) is 3.75. The molecule has 0 aliphatic rings. The predicted molar refractivity (Wildman–Crippen MR) is 297 cm³/mol. The van der Waals surface area contributed by atoms with Crippen molar-refractivity contribution in [2.24, 2.45) is 0 Å². The van der Waals surface area contributed by atoms with Gasteiger partial charge >= 0.3 is 0 Å². The lowest BCUT2D eigenvalue weighted by Crippen LogP contribution is -2.11. The van der Waals surface area contributed by atoms with Crippen molar-refractivity contribution in [3.63, 3.8) is 0 Å². The summed E-state index contributed by atoms with van der Waals surface area (Å²) in [6, 6.07) is 101. The Morgan fingerprint density at radius 1 is 0.214 bits per heavy atom. The zero-order valence-electron chi connectivity index (χ0n) is 38.3. The minimum absolute atomic E-state index is 1.07. The maximum Gasteiger partial charge on any atom is 0.0561 e. The highest BCUT2D eigenvalue weighted by atomic mass is 15.2. The largest absolute Gasteiger partial charge is 0.310 e. The molecule has 330 valence electrons. The smallest absolute Gasteiger partial charge is 0.0561 e. The van der Waals surface area contributed by atoms with Crippen LogP contribution in [0.15, 0.2) is 279 Å². The Labute approximate surface area is 407 Å². The molecule has 70 heavy (non-hydrogen) atoms. The van der Waals surface area contributed by atoms with Crippen molar-refractivity contribution in [1.29, 1.82) is 0 Å². The topological polar surface area (TPSA) is 14.7 Å². The summed E-state index contributed by atoms with van der Waals surface area (Å²) in [5.41, 5.74) is 13.1. The molecule has 1 heterocycles. The molecule has 1 aromatic heterocycles. The first-order valence-electron chi connectivity index (χ1n) is 23.9. The zero-order valence-corrected chi connectivity index (χ0v) is 38.3. The van der Waals surface area contributed by atoms with Gasteiger partial charge in [0.1, 0.15) is 0 Å². The van der Waals surface area contributed by atoms with Crippen molar-refractivity contribution in [2.75, 3.05) is 14.7 Å². The number of rotatable bonds is 10. The van der Waals surface area contributed by atoms with Crippen molar-refractivity contribution in [3.05, 3.63) is 279 Å². The van der Waals surface area contributed by atoms with Gasteiger partial charge in [-0.1, -0.05) is 164 Å². The molecule has 0 bridgehead atoms. The fraction of sp³-hybridized carbons (Fsp3) is 0. The van der Waals surface area contributed by atoms with E-state index >= 15 is 0 Å². The number of anilines is 9. The van der Waals surface area contributed by atoms with Gasteiger partial charge in [0, 0.05) is 67.3 Å². The fourth-order valence-electron chi connectivity index (χ4n) is 10.4. The summed E-state index contributed by atoms with van der Waals surface area (Å²) < 4.78 is 2.46. The number of para-hydroxylation sites is 3. The summed E-state index contributed by atoms with van der Waals surface area (Å²) in [4.78, 5) is 7.12. The predicted octanol–water partition coefficient (Wildman–Crippen LogP) is 18.7. The van der Waals surface area contributed by atoms with E-state index in [0.717, 1.165) is 67.9 Å². The molecule has 0 aliphatic carbocycles. The molecule has 4 heteroatoms. The van der Waals surface area contributed by atoms with Gasteiger partial charge in [0.2, 0.25) is 0 Å². The van der Waals surface area contributed by atoms with Gasteiger partial charge in [0.25, 0.3) is 0 Å². The Bertz CT molecular complexity index is 3830. The van der Waals surface area contributed by atoms with E-state index in [9.17, 15) is 0 Å². The normalized spacial score (nSPS) is 11.4. The molecular formula is C66H46N4. The van der Waals surface area contributed by atoms with Crippen LogP contribution in [-0.4, -0.2) is 4.57 Å². The van der Waals surface area contributed by atoms with E-state index in [1.54, 1.807) is 0 Å². The maximum absolute atomic E-state index is 2.46. The Kier molecular flexibility index (Phi) is 10.1. The van der Waals surface area contributed by atoms with Gasteiger partial charge in [-0.25, -0.2) is 0 Å². The minimum atomic E-state index is 1.07. The van der Waals surface area contributed by atoms with Gasteiger partial charge < -0.3 is 19.3 Å². The van der Waals surface area contributed by atoms with Crippen LogP contribution in [0.5, 0.6) is 0 Å². The lowest BCUT2D eigenvalue weighted by molar-refractivity contribution is 1.17. The molecule has 0 saturated carbocycles. The molecule has 12 aromatic carbocycles. The summed E-state index contributed by atoms with van der Waals surface area (Å²) >= 11 is 0. The average molecular weight is 895 g/mol. The minimum Gasteiger partial charge on any atom is -0.310 e. The number of benzene rings is 12. The quantitative estimate of drug-likeness (QED) is 0.136. The summed E-state index contributed by atoms with van der Waals surface area (Å²) in [5, 5.41) is 9.60. The van der Waals surface area contributed by atoms with E-state index in [-0.39, 0.29) is 0 Å². The Morgan fingerprint density at radius 3 is 1.10 bits per heavy atom. The van der Waals surface area contributed by atoms with E-state index < -0.39 is 0 Å². The van der Waals surface area contributed by atoms with Crippen molar-refractivity contribution >= 4 is 105 Å². The molecule has 13 aromatic rings. The molecular weight excluding hydrogens is 849 g/mol. The highest BCUT2D eigenvalue weighted by molar-refractivity contribution is 6.12. The molecule has 0 unspecified atom stereocenters. The van der Waals surface area contributed by atoms with Crippen LogP contribution in [0.1, 0.15) is 0 Å². The summed E-state index contributed by atoms with van der Waals surface area (Å²) in [6.45, 7) is 0. The van der Waals surface area contributed by atoms with Crippen LogP contribution in [0.4, 0.5) is 51.2 Å². The molecule has 0 saturated heterocycles. The van der Waals surface area contributed by atoms with Gasteiger partial charge in [-0.15, -0.1) is 0 Å². The van der Waals surface area contributed by atoms with E-state index in [2.05, 4.69) is 298 Å². The summed E-state index contributed by atoms with van der Waals surface area (Å²) in [6.07, 6.45) is 0. The van der Waals surface area contributed by atoms with E-state index in [1.165, 1.54) is 43.1 Å². The summed E-state index contributed by atoms with van der Waals surface area (Å²) in [7, 11) is 0. The molecule has 0 radical (unpaired) electrons. The lowest BCUT2D eigenvalue weighted by atomic mass is 10.1. The Balaban J connectivity index is 1.03. The van der Waals surface area contributed by atoms with Crippen molar-refractivity contribution in [2.45, 2.75) is 0 Å². The third kappa shape index (κ3) is 7.27. The van der Waals surface area contributed by atoms with Crippen molar-refractivity contribution in [3.8, 4) is 5.69 Å². The second-order valence-corrected chi connectivity index (χ2v) is 17.8. The van der Waals surface area contributed by atoms with Crippen molar-refractivity contribution < 1.29 is 0 Å². The van der Waals surface area contributed by atoms with Gasteiger partial charge in [0.15, 0.2) is 0 Å². The first kappa shape index (κ1) is 40.9. The molecule has 0 atom stereocenters. The first-order chi connectivity index (χ1) is 34.7. The second kappa shape index (κ2) is 17.4. The van der Waals surface area contributed by atoms with Gasteiger partial charge in [0.05, 0.1) is 16.7 Å². The molecule has 4 nitrogen and oxygen atoms in total. The lowest BCUT2D eigenvalue weighted by Gasteiger charge is -2.27. The zero-order chi connectivity index (χ0) is 46.4. The third-order valence-corrected chi connectivity index (χ3v) is 13.7. The third-order valence-electron chi connectivity index (χ3n) is 13.7. The number of fused-ring (bicyclic) bond motifs is 6. The van der Waals surface area contributed by atoms with Gasteiger partial charge in [-0.2, -0.15) is 0 Å². The number of aromatic nitrogens is 1. The van der Waals surface area contributed by atoms with Gasteiger partial charge in [-0.3, -0.25) is 0 Å². The van der Waals surface area contributed by atoms with E-state index in [1.807, 2.05) is 0 Å². The van der Waals surface area contributed by atoms with Crippen LogP contribution in [0, 0.1) is 0 Å². The van der Waals surface area contributed by atoms with Crippen LogP contribution in [0.3, 0.4) is 0 Å². The van der Waals surface area contributed by atoms with Crippen LogP contribution >= 0.6 is 0 Å². The highest BCUT2D eigenvalue weighted by Gasteiger charge is 2.22. The molecule has 13 rings (SSSR count). The number of nitrogens with zero attached hydrogens (tertiary/aromatic N) is 4. The van der Waals surface area contributed by atoms with Crippen LogP contribution in [0.2, 0.25) is 0 Å². The monoisotopic (exact) mass is 894 g/mol. The molecule has 0 aliphatic heterocycles. The highest BCUT2D eigenvalue weighted by Crippen LogP contribution is 2.45. The van der Waals surface area contributed by atoms with Crippen molar-refractivity contribution in [1.82, 2.24) is 4.57 Å². The van der Waals surface area contributed by atoms with Crippen LogP contribution < -0.4 is 14.7 Å². The van der Waals surface area contributed by atoms with Crippen LogP contribution in [-0.2, 0) is 0 Å². The van der Waals surface area contributed by atoms with Gasteiger partial charge in [-0.05, 0) is 142 Å². The van der Waals surface area contributed by atoms with E-state index in [0.29, 0.717) is 0 Å².